The van der Waals surface area contributed by atoms with Crippen molar-refractivity contribution in [2.45, 2.75) is 13.3 Å². The van der Waals surface area contributed by atoms with Gasteiger partial charge in [-0.2, -0.15) is 0 Å². The number of fused-ring (bicyclic) bond motifs is 6. The molecule has 7 rings (SSSR count). The zero-order valence-electron chi connectivity index (χ0n) is 25.3. The van der Waals surface area contributed by atoms with Gasteiger partial charge in [0.15, 0.2) is 0 Å². The molecule has 6 aromatic carbocycles. The van der Waals surface area contributed by atoms with Crippen molar-refractivity contribution in [1.29, 1.82) is 0 Å². The average Bonchev–Trinajstić information content (AvgIpc) is 3.43. The minimum Gasteiger partial charge on any atom is -0.404 e. The van der Waals surface area contributed by atoms with E-state index in [0.29, 0.717) is 0 Å². The van der Waals surface area contributed by atoms with Crippen LogP contribution in [-0.4, -0.2) is 4.57 Å². The molecule has 0 amide bonds. The number of nitrogens with zero attached hydrogens (tertiary/aromatic N) is 1. The van der Waals surface area contributed by atoms with Crippen molar-refractivity contribution in [2.75, 3.05) is 0 Å². The fourth-order valence-corrected chi connectivity index (χ4v) is 6.50. The Labute approximate surface area is 263 Å². The van der Waals surface area contributed by atoms with Gasteiger partial charge in [-0.05, 0) is 81.6 Å². The van der Waals surface area contributed by atoms with E-state index in [2.05, 4.69) is 132 Å². The Bertz CT molecular complexity index is 2310. The van der Waals surface area contributed by atoms with Gasteiger partial charge in [0.25, 0.3) is 0 Å². The average molecular weight is 582 g/mol. The van der Waals surface area contributed by atoms with Crippen LogP contribution in [0.4, 0.5) is 0 Å². The maximum atomic E-state index is 5.93. The Balaban J connectivity index is 1.37. The maximum Gasteiger partial charge on any atom is 0.0619 e. The Morgan fingerprint density at radius 1 is 0.622 bits per heavy atom. The van der Waals surface area contributed by atoms with Crippen LogP contribution in [0.3, 0.4) is 0 Å². The predicted molar refractivity (Wildman–Crippen MR) is 193 cm³/mol. The first-order chi connectivity index (χ1) is 22.2. The molecule has 0 aliphatic carbocycles. The minimum absolute atomic E-state index is 0.770. The smallest absolute Gasteiger partial charge is 0.0619 e. The van der Waals surface area contributed by atoms with Gasteiger partial charge < -0.3 is 16.0 Å². The van der Waals surface area contributed by atoms with Crippen LogP contribution in [0.15, 0.2) is 169 Å². The minimum atomic E-state index is 0.770. The SMILES string of the molecule is C\C=C/C(=C\N)C(/C=C\Cc1ccc2c3ccc4cc(-c5cccc6ccccc56)ccc4c3n(-c3ccccc3)c2c1)=C/N. The first-order valence-electron chi connectivity index (χ1n) is 15.4. The van der Waals surface area contributed by atoms with Crippen molar-refractivity contribution in [3.05, 3.63) is 175 Å². The third kappa shape index (κ3) is 5.09. The van der Waals surface area contributed by atoms with Crippen LogP contribution >= 0.6 is 0 Å². The highest BCUT2D eigenvalue weighted by Crippen LogP contribution is 2.39. The molecule has 0 fully saturated rings. The molecule has 0 saturated carbocycles. The highest BCUT2D eigenvalue weighted by Gasteiger charge is 2.16. The Hall–Kier alpha value is -5.80. The van der Waals surface area contributed by atoms with Crippen molar-refractivity contribution in [3.63, 3.8) is 0 Å². The molecule has 1 aromatic heterocycles. The molecule has 0 radical (unpaired) electrons. The molecule has 0 unspecified atom stereocenters. The zero-order valence-corrected chi connectivity index (χ0v) is 25.3. The number of hydrogen-bond acceptors (Lipinski definition) is 2. The third-order valence-corrected chi connectivity index (χ3v) is 8.61. The van der Waals surface area contributed by atoms with Crippen LogP contribution in [-0.2, 0) is 6.42 Å². The van der Waals surface area contributed by atoms with E-state index in [-0.39, 0.29) is 0 Å². The summed E-state index contributed by atoms with van der Waals surface area (Å²) >= 11 is 0. The first-order valence-corrected chi connectivity index (χ1v) is 15.4. The summed E-state index contributed by atoms with van der Waals surface area (Å²) in [5.41, 5.74) is 20.8. The molecule has 4 N–H and O–H groups in total. The van der Waals surface area contributed by atoms with Crippen LogP contribution in [0.2, 0.25) is 0 Å². The lowest BCUT2D eigenvalue weighted by Gasteiger charge is -2.12. The van der Waals surface area contributed by atoms with E-state index >= 15 is 0 Å². The summed E-state index contributed by atoms with van der Waals surface area (Å²) in [4.78, 5) is 0. The van der Waals surface area contributed by atoms with Crippen molar-refractivity contribution >= 4 is 43.4 Å². The molecule has 0 aliphatic rings. The van der Waals surface area contributed by atoms with E-state index in [1.807, 2.05) is 25.2 Å². The number of rotatable bonds is 7. The van der Waals surface area contributed by atoms with E-state index in [4.69, 9.17) is 11.5 Å². The predicted octanol–water partition coefficient (Wildman–Crippen LogP) is 10.1. The fraction of sp³-hybridized carbons (Fsp3) is 0.0476. The highest BCUT2D eigenvalue weighted by molar-refractivity contribution is 6.19. The van der Waals surface area contributed by atoms with Gasteiger partial charge in [0.05, 0.1) is 11.0 Å². The number of allylic oxidation sites excluding steroid dienone is 6. The van der Waals surface area contributed by atoms with Gasteiger partial charge in [0, 0.05) is 34.2 Å². The molecule has 0 bridgehead atoms. The summed E-state index contributed by atoms with van der Waals surface area (Å²) in [6.07, 6.45) is 12.1. The zero-order chi connectivity index (χ0) is 30.8. The second-order valence-corrected chi connectivity index (χ2v) is 11.3. The molecule has 3 heteroatoms. The summed E-state index contributed by atoms with van der Waals surface area (Å²) in [5, 5.41) is 7.48. The van der Waals surface area contributed by atoms with Gasteiger partial charge in [-0.3, -0.25) is 0 Å². The van der Waals surface area contributed by atoms with Crippen molar-refractivity contribution < 1.29 is 0 Å². The Morgan fingerprint density at radius 2 is 1.36 bits per heavy atom. The number of nitrogens with two attached hydrogens (primary N) is 2. The van der Waals surface area contributed by atoms with Gasteiger partial charge in [0.1, 0.15) is 0 Å². The van der Waals surface area contributed by atoms with Crippen molar-refractivity contribution in [3.8, 4) is 16.8 Å². The summed E-state index contributed by atoms with van der Waals surface area (Å²) < 4.78 is 2.42. The lowest BCUT2D eigenvalue weighted by Crippen LogP contribution is -1.95. The third-order valence-electron chi connectivity index (χ3n) is 8.61. The normalized spacial score (nSPS) is 12.9. The number of para-hydroxylation sites is 1. The maximum absolute atomic E-state index is 5.93. The van der Waals surface area contributed by atoms with Gasteiger partial charge in [0.2, 0.25) is 0 Å². The van der Waals surface area contributed by atoms with Crippen LogP contribution < -0.4 is 11.5 Å². The monoisotopic (exact) mass is 581 g/mol. The highest BCUT2D eigenvalue weighted by atomic mass is 15.0. The van der Waals surface area contributed by atoms with Crippen LogP contribution in [0.25, 0.3) is 60.2 Å². The standard InChI is InChI=1S/C42H35N3/c1-2-10-33(27-43)34(28-44)14-8-11-29-19-22-39-40-24-21-32-26-31(37-18-9-13-30-12-6-7-17-36(30)37)20-23-38(32)42(40)45(41(39)25-29)35-15-4-3-5-16-35/h2-10,12-28H,11,43-44H2,1H3/b10-2-,14-8-,33-27+,34-28+. The molecule has 3 nitrogen and oxygen atoms in total. The number of hydrogen-bond donors (Lipinski definition) is 2. The second kappa shape index (κ2) is 12.1. The van der Waals surface area contributed by atoms with E-state index in [1.165, 1.54) is 60.0 Å². The van der Waals surface area contributed by atoms with E-state index in [9.17, 15) is 0 Å². The van der Waals surface area contributed by atoms with Crippen LogP contribution in [0.5, 0.6) is 0 Å². The molecule has 0 saturated heterocycles. The van der Waals surface area contributed by atoms with Gasteiger partial charge >= 0.3 is 0 Å². The summed E-state index contributed by atoms with van der Waals surface area (Å²) in [7, 11) is 0. The van der Waals surface area contributed by atoms with E-state index in [1.54, 1.807) is 12.4 Å². The quantitative estimate of drug-likeness (QED) is 0.184. The Kier molecular flexibility index (Phi) is 7.51. The molecule has 0 aliphatic heterocycles. The van der Waals surface area contributed by atoms with Crippen LogP contribution in [0.1, 0.15) is 12.5 Å². The summed E-state index contributed by atoms with van der Waals surface area (Å²) in [6, 6.07) is 44.1. The van der Waals surface area contributed by atoms with Gasteiger partial charge in [-0.25, -0.2) is 0 Å². The van der Waals surface area contributed by atoms with Gasteiger partial charge in [-0.15, -0.1) is 0 Å². The second-order valence-electron chi connectivity index (χ2n) is 11.3. The molecule has 7 aromatic rings. The number of benzene rings is 6. The lowest BCUT2D eigenvalue weighted by molar-refractivity contribution is 1.17. The lowest BCUT2D eigenvalue weighted by atomic mass is 9.95. The Morgan fingerprint density at radius 3 is 2.18 bits per heavy atom. The van der Waals surface area contributed by atoms with E-state index < -0.39 is 0 Å². The molecule has 0 atom stereocenters. The molecule has 0 spiro atoms. The molecular weight excluding hydrogens is 546 g/mol. The van der Waals surface area contributed by atoms with Crippen LogP contribution in [0, 0.1) is 0 Å². The largest absolute Gasteiger partial charge is 0.404 e. The van der Waals surface area contributed by atoms with Crippen molar-refractivity contribution in [2.24, 2.45) is 11.5 Å². The molecule has 1 heterocycles. The molecule has 45 heavy (non-hydrogen) atoms. The molecule has 218 valence electrons. The fourth-order valence-electron chi connectivity index (χ4n) is 6.50. The van der Waals surface area contributed by atoms with Crippen molar-refractivity contribution in [1.82, 2.24) is 4.57 Å². The topological polar surface area (TPSA) is 57.0 Å². The number of aromatic nitrogens is 1. The van der Waals surface area contributed by atoms with E-state index in [0.717, 1.165) is 23.3 Å². The molecular formula is C42H35N3. The summed E-state index contributed by atoms with van der Waals surface area (Å²) in [6.45, 7) is 1.97. The first kappa shape index (κ1) is 28.0. The summed E-state index contributed by atoms with van der Waals surface area (Å²) in [5.74, 6) is 0. The van der Waals surface area contributed by atoms with Gasteiger partial charge in [-0.1, -0.05) is 121 Å².